The van der Waals surface area contributed by atoms with E-state index in [0.717, 1.165) is 5.56 Å². The Morgan fingerprint density at radius 3 is 1.96 bits per heavy atom. The van der Waals surface area contributed by atoms with Crippen LogP contribution in [0.1, 0.15) is 18.1 Å². The summed E-state index contributed by atoms with van der Waals surface area (Å²) in [4.78, 5) is 0.0918. The van der Waals surface area contributed by atoms with Crippen molar-refractivity contribution in [1.29, 1.82) is 0 Å². The van der Waals surface area contributed by atoms with Gasteiger partial charge in [-0.1, -0.05) is 48.0 Å². The quantitative estimate of drug-likeness (QED) is 0.567. The number of ether oxygens (including phenoxy) is 2. The number of benzene rings is 2. The normalized spacial score (nSPS) is 13.7. The average Bonchev–Trinajstić information content (AvgIpc) is 2.57. The van der Waals surface area contributed by atoms with Crippen LogP contribution >= 0.6 is 0 Å². The van der Waals surface area contributed by atoms with Crippen LogP contribution in [-0.4, -0.2) is 28.7 Å². The monoisotopic (exact) mass is 350 g/mol. The molecule has 2 aromatic carbocycles. The second-order valence-corrected chi connectivity index (χ2v) is 7.02. The van der Waals surface area contributed by atoms with Crippen LogP contribution in [-0.2, 0) is 29.6 Å². The van der Waals surface area contributed by atoms with E-state index in [4.69, 9.17) is 13.7 Å². The van der Waals surface area contributed by atoms with Gasteiger partial charge in [0.05, 0.1) is 4.90 Å². The van der Waals surface area contributed by atoms with E-state index in [2.05, 4.69) is 0 Å². The molecule has 0 aliphatic carbocycles. The fraction of sp³-hybridized carbons (Fsp3) is 0.333. The van der Waals surface area contributed by atoms with Gasteiger partial charge in [0.15, 0.2) is 0 Å². The second kappa shape index (κ2) is 7.44. The Morgan fingerprint density at radius 1 is 0.917 bits per heavy atom. The van der Waals surface area contributed by atoms with E-state index in [-0.39, 0.29) is 4.90 Å². The summed E-state index contributed by atoms with van der Waals surface area (Å²) < 4.78 is 41.5. The third-order valence-electron chi connectivity index (χ3n) is 3.90. The molecule has 2 rings (SSSR count). The zero-order chi connectivity index (χ0) is 17.8. The van der Waals surface area contributed by atoms with Crippen molar-refractivity contribution in [3.63, 3.8) is 0 Å². The predicted molar refractivity (Wildman–Crippen MR) is 91.0 cm³/mol. The van der Waals surface area contributed by atoms with Crippen LogP contribution in [0.5, 0.6) is 0 Å². The van der Waals surface area contributed by atoms with Crippen molar-refractivity contribution in [2.45, 2.75) is 30.6 Å². The van der Waals surface area contributed by atoms with Gasteiger partial charge in [-0.15, -0.1) is 0 Å². The van der Waals surface area contributed by atoms with Gasteiger partial charge in [-0.25, -0.2) is 0 Å². The summed E-state index contributed by atoms with van der Waals surface area (Å²) in [5.74, 6) is -1.33. The molecule has 0 N–H and O–H groups in total. The number of methoxy groups -OCH3 is 2. The largest absolute Gasteiger partial charge is 0.347 e. The maximum absolute atomic E-state index is 12.5. The number of rotatable bonds is 7. The summed E-state index contributed by atoms with van der Waals surface area (Å²) in [5, 5.41) is 0. The molecule has 0 saturated carbocycles. The Kier molecular flexibility index (Phi) is 5.77. The van der Waals surface area contributed by atoms with Crippen LogP contribution < -0.4 is 0 Å². The van der Waals surface area contributed by atoms with Crippen molar-refractivity contribution in [3.8, 4) is 0 Å². The van der Waals surface area contributed by atoms with Crippen LogP contribution in [0.2, 0.25) is 0 Å². The number of hydrogen-bond acceptors (Lipinski definition) is 5. The van der Waals surface area contributed by atoms with Crippen LogP contribution in [0.25, 0.3) is 0 Å². The smallest absolute Gasteiger partial charge is 0.297 e. The van der Waals surface area contributed by atoms with Gasteiger partial charge in [0, 0.05) is 19.8 Å². The summed E-state index contributed by atoms with van der Waals surface area (Å²) in [5.41, 5.74) is 1.64. The average molecular weight is 350 g/mol. The Morgan fingerprint density at radius 2 is 1.46 bits per heavy atom. The molecule has 0 radical (unpaired) electrons. The second-order valence-electron chi connectivity index (χ2n) is 5.45. The van der Waals surface area contributed by atoms with Crippen molar-refractivity contribution in [2.24, 2.45) is 0 Å². The molecular formula is C18H22O5S. The molecule has 0 saturated heterocycles. The molecular weight excluding hydrogens is 328 g/mol. The van der Waals surface area contributed by atoms with Gasteiger partial charge < -0.3 is 9.47 Å². The molecule has 0 amide bonds. The highest BCUT2D eigenvalue weighted by molar-refractivity contribution is 7.86. The fourth-order valence-electron chi connectivity index (χ4n) is 2.57. The predicted octanol–water partition coefficient (Wildman–Crippen LogP) is 3.23. The first-order valence-electron chi connectivity index (χ1n) is 7.51. The Balaban J connectivity index is 2.34. The molecule has 5 nitrogen and oxygen atoms in total. The van der Waals surface area contributed by atoms with Gasteiger partial charge in [0.1, 0.15) is 6.10 Å². The molecule has 0 aliphatic heterocycles. The zero-order valence-electron chi connectivity index (χ0n) is 14.2. The summed E-state index contributed by atoms with van der Waals surface area (Å²) in [6, 6.07) is 15.6. The number of aryl methyl sites for hydroxylation is 1. The molecule has 0 fully saturated rings. The summed E-state index contributed by atoms with van der Waals surface area (Å²) in [6.45, 7) is 3.49. The molecule has 0 bridgehead atoms. The molecule has 24 heavy (non-hydrogen) atoms. The molecule has 0 aromatic heterocycles. The van der Waals surface area contributed by atoms with E-state index in [0.29, 0.717) is 5.56 Å². The molecule has 1 atom stereocenters. The zero-order valence-corrected chi connectivity index (χ0v) is 15.0. The standard InChI is InChI=1S/C18H22O5S/c1-14-10-12-17(13-11-14)24(19,20)23-15(2)18(21-3,22-4)16-8-6-5-7-9-16/h5-13,15H,1-4H3. The van der Waals surface area contributed by atoms with Gasteiger partial charge in [0.25, 0.3) is 10.1 Å². The highest BCUT2D eigenvalue weighted by atomic mass is 32.2. The van der Waals surface area contributed by atoms with Crippen molar-refractivity contribution in [3.05, 3.63) is 65.7 Å². The Labute approximate surface area is 143 Å². The van der Waals surface area contributed by atoms with Crippen LogP contribution in [0.3, 0.4) is 0 Å². The minimum Gasteiger partial charge on any atom is -0.347 e. The molecule has 0 heterocycles. The highest BCUT2D eigenvalue weighted by Crippen LogP contribution is 2.33. The van der Waals surface area contributed by atoms with Gasteiger partial charge in [-0.2, -0.15) is 8.42 Å². The lowest BCUT2D eigenvalue weighted by molar-refractivity contribution is -0.257. The van der Waals surface area contributed by atoms with Gasteiger partial charge in [-0.05, 0) is 26.0 Å². The molecule has 0 spiro atoms. The van der Waals surface area contributed by atoms with Crippen molar-refractivity contribution < 1.29 is 22.1 Å². The van der Waals surface area contributed by atoms with Crippen molar-refractivity contribution in [1.82, 2.24) is 0 Å². The van der Waals surface area contributed by atoms with Crippen LogP contribution in [0.4, 0.5) is 0 Å². The first-order valence-corrected chi connectivity index (χ1v) is 8.92. The lowest BCUT2D eigenvalue weighted by Gasteiger charge is -2.35. The number of hydrogen-bond donors (Lipinski definition) is 0. The molecule has 130 valence electrons. The van der Waals surface area contributed by atoms with Crippen LogP contribution in [0, 0.1) is 6.92 Å². The van der Waals surface area contributed by atoms with Crippen molar-refractivity contribution >= 4 is 10.1 Å². The Hall–Kier alpha value is -1.73. The van der Waals surface area contributed by atoms with Crippen molar-refractivity contribution in [2.75, 3.05) is 14.2 Å². The van der Waals surface area contributed by atoms with Gasteiger partial charge >= 0.3 is 0 Å². The van der Waals surface area contributed by atoms with E-state index in [1.165, 1.54) is 26.4 Å². The van der Waals surface area contributed by atoms with E-state index < -0.39 is 22.0 Å². The molecule has 0 aliphatic rings. The van der Waals surface area contributed by atoms with Gasteiger partial charge in [0.2, 0.25) is 5.79 Å². The topological polar surface area (TPSA) is 61.8 Å². The van der Waals surface area contributed by atoms with Crippen LogP contribution in [0.15, 0.2) is 59.5 Å². The van der Waals surface area contributed by atoms with Gasteiger partial charge in [-0.3, -0.25) is 4.18 Å². The highest BCUT2D eigenvalue weighted by Gasteiger charge is 2.42. The Bertz CT molecular complexity index is 750. The van der Waals surface area contributed by atoms with E-state index >= 15 is 0 Å². The summed E-state index contributed by atoms with van der Waals surface area (Å²) in [7, 11) is -1.04. The molecule has 1 unspecified atom stereocenters. The maximum Gasteiger partial charge on any atom is 0.297 e. The SMILES string of the molecule is COC(OC)(c1ccccc1)C(C)OS(=O)(=O)c1ccc(C)cc1. The fourth-order valence-corrected chi connectivity index (χ4v) is 3.66. The molecule has 6 heteroatoms. The summed E-state index contributed by atoms with van der Waals surface area (Å²) in [6.07, 6.45) is -0.902. The lowest BCUT2D eigenvalue weighted by Crippen LogP contribution is -2.44. The third kappa shape index (κ3) is 3.67. The third-order valence-corrected chi connectivity index (χ3v) is 5.29. The molecule has 2 aromatic rings. The van der Waals surface area contributed by atoms with E-state index in [1.807, 2.05) is 25.1 Å². The minimum absolute atomic E-state index is 0.0918. The minimum atomic E-state index is -3.95. The first kappa shape index (κ1) is 18.6. The lowest BCUT2D eigenvalue weighted by atomic mass is 10.0. The first-order chi connectivity index (χ1) is 11.4. The van der Waals surface area contributed by atoms with E-state index in [9.17, 15) is 8.42 Å². The summed E-state index contributed by atoms with van der Waals surface area (Å²) >= 11 is 0. The van der Waals surface area contributed by atoms with E-state index in [1.54, 1.807) is 31.2 Å². The maximum atomic E-state index is 12.5.